The van der Waals surface area contributed by atoms with Crippen LogP contribution in [0.2, 0.25) is 0 Å². The largest absolute Gasteiger partial charge is 2.00 e. The molecule has 0 heterocycles. The van der Waals surface area contributed by atoms with E-state index in [-0.39, 0.29) is 44.3 Å². The molecule has 0 saturated heterocycles. The van der Waals surface area contributed by atoms with Crippen molar-refractivity contribution >= 4 is 11.9 Å². The first kappa shape index (κ1) is 18.4. The second kappa shape index (κ2) is 9.69. The van der Waals surface area contributed by atoms with E-state index >= 15 is 0 Å². The summed E-state index contributed by atoms with van der Waals surface area (Å²) >= 11 is 0. The molecule has 0 aliphatic rings. The summed E-state index contributed by atoms with van der Waals surface area (Å²) in [6.07, 6.45) is 1.35. The van der Waals surface area contributed by atoms with E-state index in [1.54, 1.807) is 24.3 Å². The van der Waals surface area contributed by atoms with E-state index < -0.39 is 0 Å². The van der Waals surface area contributed by atoms with Gasteiger partial charge in [0.2, 0.25) is 0 Å². The SMILES string of the molecule is [Cl-].[Cl-].[N-]=[N+]=Cc1ccc(N)cc1.[Zn+2]. The van der Waals surface area contributed by atoms with Crippen molar-refractivity contribution in [3.63, 3.8) is 0 Å². The fourth-order valence-electron chi connectivity index (χ4n) is 0.649. The number of rotatable bonds is 1. The van der Waals surface area contributed by atoms with Crippen LogP contribution in [0, 0.1) is 0 Å². The van der Waals surface area contributed by atoms with Crippen molar-refractivity contribution in [1.82, 2.24) is 0 Å². The van der Waals surface area contributed by atoms with Gasteiger partial charge in [0.15, 0.2) is 0 Å². The number of nitrogens with two attached hydrogens (primary N) is 1. The Labute approximate surface area is 102 Å². The summed E-state index contributed by atoms with van der Waals surface area (Å²) in [4.78, 5) is 2.87. The minimum absolute atomic E-state index is 0. The van der Waals surface area contributed by atoms with Gasteiger partial charge in [-0.05, 0) is 24.3 Å². The van der Waals surface area contributed by atoms with Crippen molar-refractivity contribution in [3.8, 4) is 0 Å². The van der Waals surface area contributed by atoms with Crippen molar-refractivity contribution in [1.29, 1.82) is 0 Å². The molecule has 0 atom stereocenters. The first-order valence-corrected chi connectivity index (χ1v) is 2.86. The Kier molecular flexibility index (Phi) is 13.7. The van der Waals surface area contributed by atoms with E-state index in [0.717, 1.165) is 5.56 Å². The van der Waals surface area contributed by atoms with Gasteiger partial charge in [-0.2, -0.15) is 4.79 Å². The Morgan fingerprint density at radius 2 is 1.62 bits per heavy atom. The number of hydrogen-bond donors (Lipinski definition) is 1. The molecule has 0 aliphatic heterocycles. The molecule has 0 aromatic heterocycles. The van der Waals surface area contributed by atoms with E-state index in [9.17, 15) is 0 Å². The summed E-state index contributed by atoms with van der Waals surface area (Å²) < 4.78 is 0. The molecule has 0 fully saturated rings. The fraction of sp³-hybridized carbons (Fsp3) is 0. The average molecular weight is 269 g/mol. The maximum absolute atomic E-state index is 8.13. The van der Waals surface area contributed by atoms with E-state index in [0.29, 0.717) is 5.69 Å². The molecule has 0 bridgehead atoms. The van der Waals surface area contributed by atoms with Crippen molar-refractivity contribution in [3.05, 3.63) is 35.4 Å². The quantitative estimate of drug-likeness (QED) is 0.179. The molecule has 0 amide bonds. The standard InChI is InChI=1S/C7H7N3.2ClH.Zn/c8-7-3-1-6(2-4-7)5-10-9;;;/h1-5H,8H2;2*1H;/q;;;+2/p-2. The smallest absolute Gasteiger partial charge is 1.00 e. The Hall–Kier alpha value is -0.397. The van der Waals surface area contributed by atoms with Gasteiger partial charge in [-0.25, -0.2) is 0 Å². The molecule has 6 heteroatoms. The Morgan fingerprint density at radius 1 is 1.15 bits per heavy atom. The van der Waals surface area contributed by atoms with Gasteiger partial charge >= 0.3 is 19.5 Å². The first-order valence-electron chi connectivity index (χ1n) is 2.86. The Bertz CT molecular complexity index is 270. The van der Waals surface area contributed by atoms with Crippen molar-refractivity contribution in [2.75, 3.05) is 5.73 Å². The molecule has 0 radical (unpaired) electrons. The molecule has 13 heavy (non-hydrogen) atoms. The van der Waals surface area contributed by atoms with Crippen LogP contribution in [0.25, 0.3) is 5.53 Å². The van der Waals surface area contributed by atoms with Gasteiger partial charge < -0.3 is 36.1 Å². The number of benzene rings is 1. The molecular formula is C7H7Cl2N3Zn. The van der Waals surface area contributed by atoms with Crippen LogP contribution in [-0.2, 0) is 19.5 Å². The summed E-state index contributed by atoms with van der Waals surface area (Å²) in [5.74, 6) is 0. The molecule has 0 unspecified atom stereocenters. The summed E-state index contributed by atoms with van der Waals surface area (Å²) in [6.45, 7) is 0. The van der Waals surface area contributed by atoms with Gasteiger partial charge in [-0.15, -0.1) is 0 Å². The van der Waals surface area contributed by atoms with Crippen LogP contribution in [0.15, 0.2) is 24.3 Å². The number of hydrogen-bond acceptors (Lipinski definition) is 1. The van der Waals surface area contributed by atoms with Crippen LogP contribution < -0.4 is 30.5 Å². The van der Waals surface area contributed by atoms with Crippen molar-refractivity contribution < 1.29 is 49.1 Å². The van der Waals surface area contributed by atoms with Crippen LogP contribution in [0.4, 0.5) is 5.69 Å². The van der Waals surface area contributed by atoms with Gasteiger partial charge in [-0.1, -0.05) is 0 Å². The minimum Gasteiger partial charge on any atom is -1.00 e. The average Bonchev–Trinajstić information content (AvgIpc) is 1.95. The number of nitrogens with zero attached hydrogens (tertiary/aromatic N) is 2. The van der Waals surface area contributed by atoms with Gasteiger partial charge in [-0.3, -0.25) is 0 Å². The van der Waals surface area contributed by atoms with Crippen LogP contribution in [0.5, 0.6) is 0 Å². The summed E-state index contributed by atoms with van der Waals surface area (Å²) in [6, 6.07) is 7.04. The Balaban J connectivity index is -0.000000333. The Morgan fingerprint density at radius 3 is 2.00 bits per heavy atom. The zero-order valence-electron chi connectivity index (χ0n) is 6.82. The monoisotopic (exact) mass is 267 g/mol. The second-order valence-electron chi connectivity index (χ2n) is 1.91. The normalized spacial score (nSPS) is 6.46. The fourth-order valence-corrected chi connectivity index (χ4v) is 0.649. The molecule has 0 aliphatic carbocycles. The predicted molar refractivity (Wildman–Crippen MR) is 39.6 cm³/mol. The maximum atomic E-state index is 8.13. The zero-order valence-corrected chi connectivity index (χ0v) is 11.3. The molecule has 1 aromatic carbocycles. The van der Waals surface area contributed by atoms with Gasteiger partial charge in [0.05, 0.1) is 5.56 Å². The zero-order chi connectivity index (χ0) is 7.40. The third-order valence-corrected chi connectivity index (χ3v) is 1.14. The molecule has 1 aromatic rings. The van der Waals surface area contributed by atoms with Crippen LogP contribution in [0.1, 0.15) is 5.56 Å². The van der Waals surface area contributed by atoms with Crippen molar-refractivity contribution in [2.24, 2.45) is 0 Å². The maximum Gasteiger partial charge on any atom is 2.00 e. The van der Waals surface area contributed by atoms with Gasteiger partial charge in [0.1, 0.15) is 0 Å². The van der Waals surface area contributed by atoms with Crippen LogP contribution in [0.3, 0.4) is 0 Å². The first-order chi connectivity index (χ1) is 4.83. The molecule has 3 nitrogen and oxygen atoms in total. The van der Waals surface area contributed by atoms with Gasteiger partial charge in [0, 0.05) is 5.69 Å². The molecule has 0 spiro atoms. The van der Waals surface area contributed by atoms with Crippen molar-refractivity contribution in [2.45, 2.75) is 0 Å². The summed E-state index contributed by atoms with van der Waals surface area (Å²) in [7, 11) is 0. The molecule has 2 N–H and O–H groups in total. The molecule has 66 valence electrons. The van der Waals surface area contributed by atoms with E-state index in [1.165, 1.54) is 6.21 Å². The molecule has 0 saturated carbocycles. The number of nitrogen functional groups attached to an aromatic ring is 1. The number of anilines is 1. The van der Waals surface area contributed by atoms with E-state index in [1.807, 2.05) is 0 Å². The third kappa shape index (κ3) is 6.74. The third-order valence-electron chi connectivity index (χ3n) is 1.14. The van der Waals surface area contributed by atoms with Crippen LogP contribution in [-0.4, -0.2) is 11.0 Å². The minimum atomic E-state index is 0. The van der Waals surface area contributed by atoms with Crippen LogP contribution >= 0.6 is 0 Å². The summed E-state index contributed by atoms with van der Waals surface area (Å²) in [5.41, 5.74) is 15.1. The van der Waals surface area contributed by atoms with E-state index in [4.69, 9.17) is 11.3 Å². The molecule has 1 rings (SSSR count). The van der Waals surface area contributed by atoms with E-state index in [2.05, 4.69) is 4.79 Å². The predicted octanol–water partition coefficient (Wildman–Crippen LogP) is -5.08. The topological polar surface area (TPSA) is 62.4 Å². The molecular weight excluding hydrogens is 262 g/mol. The van der Waals surface area contributed by atoms with Gasteiger partial charge in [0.25, 0.3) is 6.21 Å². The second-order valence-corrected chi connectivity index (χ2v) is 1.91. The summed E-state index contributed by atoms with van der Waals surface area (Å²) in [5, 5.41) is 0. The number of halogens is 2.